The molecule has 4 N–H and O–H groups in total. The summed E-state index contributed by atoms with van der Waals surface area (Å²) in [5.74, 6) is 0.0165. The lowest BCUT2D eigenvalue weighted by molar-refractivity contribution is 0.316. The van der Waals surface area contributed by atoms with Crippen LogP contribution in [0.5, 0.6) is 0 Å². The highest BCUT2D eigenvalue weighted by Crippen LogP contribution is 1.71. The van der Waals surface area contributed by atoms with Gasteiger partial charge < -0.3 is 16.1 Å². The van der Waals surface area contributed by atoms with Crippen molar-refractivity contribution in [3.63, 3.8) is 0 Å². The van der Waals surface area contributed by atoms with Gasteiger partial charge in [-0.3, -0.25) is 0 Å². The molecular formula is C3H7N3O2. The Bertz CT molecular complexity index is 109. The molecule has 0 spiro atoms. The van der Waals surface area contributed by atoms with E-state index in [1.165, 1.54) is 0 Å². The average molecular weight is 117 g/mol. The predicted molar refractivity (Wildman–Crippen MR) is 28.3 cm³/mol. The molecule has 46 valence electrons. The summed E-state index contributed by atoms with van der Waals surface area (Å²) in [5, 5.41) is 20.9. The largest absolute Gasteiger partial charge is 0.411 e. The summed E-state index contributed by atoms with van der Waals surface area (Å²) < 4.78 is 0. The number of rotatable bonds is 2. The van der Waals surface area contributed by atoms with Crippen molar-refractivity contribution < 1.29 is 10.4 Å². The lowest BCUT2D eigenvalue weighted by Crippen LogP contribution is -2.11. The van der Waals surface area contributed by atoms with E-state index in [9.17, 15) is 0 Å². The fourth-order valence-electron chi connectivity index (χ4n) is 0.175. The molecule has 0 radical (unpaired) electrons. The van der Waals surface area contributed by atoms with Gasteiger partial charge >= 0.3 is 0 Å². The second-order valence-corrected chi connectivity index (χ2v) is 1.09. The summed E-state index contributed by atoms with van der Waals surface area (Å²) in [5.41, 5.74) is 4.96. The average Bonchev–Trinajstić information content (AvgIpc) is 1.83. The zero-order valence-corrected chi connectivity index (χ0v) is 4.15. The second-order valence-electron chi connectivity index (χ2n) is 1.09. The van der Waals surface area contributed by atoms with E-state index in [0.29, 0.717) is 0 Å². The molecule has 5 nitrogen and oxygen atoms in total. The van der Waals surface area contributed by atoms with E-state index in [1.54, 1.807) is 0 Å². The van der Waals surface area contributed by atoms with Gasteiger partial charge in [-0.05, 0) is 0 Å². The van der Waals surface area contributed by atoms with Crippen molar-refractivity contribution in [1.29, 1.82) is 0 Å². The number of amidine groups is 1. The summed E-state index contributed by atoms with van der Waals surface area (Å²) in [6.07, 6.45) is 1.28. The summed E-state index contributed by atoms with van der Waals surface area (Å²) in [6, 6.07) is 0. The molecule has 0 atom stereocenters. The Hall–Kier alpha value is -1.26. The van der Waals surface area contributed by atoms with Gasteiger partial charge in [-0.2, -0.15) is 0 Å². The van der Waals surface area contributed by atoms with Gasteiger partial charge in [-0.1, -0.05) is 5.16 Å². The molecule has 0 rings (SSSR count). The maximum absolute atomic E-state index is 7.88. The molecule has 0 aromatic carbocycles. The minimum atomic E-state index is 0.0165. The van der Waals surface area contributed by atoms with Crippen LogP contribution in [-0.4, -0.2) is 22.5 Å². The molecule has 0 amide bonds. The van der Waals surface area contributed by atoms with Crippen LogP contribution in [0.3, 0.4) is 0 Å². The normalized spacial score (nSPS) is 12.8. The predicted octanol–water partition coefficient (Wildman–Crippen LogP) is -0.417. The van der Waals surface area contributed by atoms with Crippen molar-refractivity contribution in [3.8, 4) is 0 Å². The minimum Gasteiger partial charge on any atom is -0.411 e. The van der Waals surface area contributed by atoms with Crippen LogP contribution in [0.25, 0.3) is 0 Å². The molecule has 0 bridgehead atoms. The van der Waals surface area contributed by atoms with E-state index in [1.807, 2.05) is 0 Å². The monoisotopic (exact) mass is 117 g/mol. The van der Waals surface area contributed by atoms with Gasteiger partial charge in [-0.25, -0.2) is 0 Å². The van der Waals surface area contributed by atoms with Crippen molar-refractivity contribution in [2.45, 2.75) is 6.42 Å². The molecule has 0 aliphatic heterocycles. The Labute approximate surface area is 46.1 Å². The van der Waals surface area contributed by atoms with Gasteiger partial charge in [-0.15, -0.1) is 5.16 Å². The zero-order chi connectivity index (χ0) is 6.41. The molecule has 0 aromatic heterocycles. The molecular weight excluding hydrogens is 110 g/mol. The number of nitrogens with two attached hydrogens (primary N) is 1. The van der Waals surface area contributed by atoms with Crippen LogP contribution in [0, 0.1) is 0 Å². The molecule has 0 saturated carbocycles. The smallest absolute Gasteiger partial charge is 0.144 e. The van der Waals surface area contributed by atoms with Gasteiger partial charge in [0.15, 0.2) is 0 Å². The maximum atomic E-state index is 7.88. The van der Waals surface area contributed by atoms with Crippen LogP contribution in [0.1, 0.15) is 6.42 Å². The van der Waals surface area contributed by atoms with Gasteiger partial charge in [0.2, 0.25) is 0 Å². The quantitative estimate of drug-likeness (QED) is 0.198. The maximum Gasteiger partial charge on any atom is 0.144 e. The Kier molecular flexibility index (Phi) is 3.30. The van der Waals surface area contributed by atoms with E-state index in [0.717, 1.165) is 6.21 Å². The fourth-order valence-corrected chi connectivity index (χ4v) is 0.175. The third kappa shape index (κ3) is 2.95. The van der Waals surface area contributed by atoms with E-state index in [4.69, 9.17) is 16.1 Å². The van der Waals surface area contributed by atoms with Crippen molar-refractivity contribution in [3.05, 3.63) is 0 Å². The SMILES string of the molecule is NC(C/C=N\O)=NO. The van der Waals surface area contributed by atoms with Crippen LogP contribution in [0.4, 0.5) is 0 Å². The molecule has 0 heterocycles. The third-order valence-corrected chi connectivity index (χ3v) is 0.511. The summed E-state index contributed by atoms with van der Waals surface area (Å²) >= 11 is 0. The molecule has 0 aromatic rings. The van der Waals surface area contributed by atoms with Gasteiger partial charge in [0, 0.05) is 6.42 Å². The Morgan fingerprint density at radius 3 is 2.62 bits per heavy atom. The van der Waals surface area contributed by atoms with Gasteiger partial charge in [0.05, 0.1) is 6.21 Å². The van der Waals surface area contributed by atoms with Crippen molar-refractivity contribution in [2.75, 3.05) is 0 Å². The number of hydrogen-bond acceptors (Lipinski definition) is 4. The van der Waals surface area contributed by atoms with Gasteiger partial charge in [0.1, 0.15) is 5.84 Å². The first-order valence-electron chi connectivity index (χ1n) is 1.93. The fraction of sp³-hybridized carbons (Fsp3) is 0.333. The topological polar surface area (TPSA) is 91.2 Å². The Balaban J connectivity index is 3.40. The van der Waals surface area contributed by atoms with Gasteiger partial charge in [0.25, 0.3) is 0 Å². The molecule has 5 heteroatoms. The summed E-state index contributed by atoms with van der Waals surface area (Å²) in [4.78, 5) is 0. The van der Waals surface area contributed by atoms with E-state index < -0.39 is 0 Å². The van der Waals surface area contributed by atoms with E-state index in [2.05, 4.69) is 10.3 Å². The first kappa shape index (κ1) is 6.74. The lowest BCUT2D eigenvalue weighted by atomic mass is 10.4. The molecule has 0 fully saturated rings. The Morgan fingerprint density at radius 2 is 2.25 bits per heavy atom. The molecule has 0 unspecified atom stereocenters. The highest BCUT2D eigenvalue weighted by atomic mass is 16.4. The van der Waals surface area contributed by atoms with Crippen molar-refractivity contribution in [2.24, 2.45) is 16.0 Å². The van der Waals surface area contributed by atoms with E-state index in [-0.39, 0.29) is 12.3 Å². The molecule has 8 heavy (non-hydrogen) atoms. The van der Waals surface area contributed by atoms with Crippen molar-refractivity contribution >= 4 is 12.1 Å². The van der Waals surface area contributed by atoms with E-state index >= 15 is 0 Å². The van der Waals surface area contributed by atoms with Crippen LogP contribution < -0.4 is 5.73 Å². The summed E-state index contributed by atoms with van der Waals surface area (Å²) in [7, 11) is 0. The highest BCUT2D eigenvalue weighted by molar-refractivity contribution is 5.91. The first-order valence-corrected chi connectivity index (χ1v) is 1.93. The van der Waals surface area contributed by atoms with Crippen LogP contribution in [0.15, 0.2) is 10.3 Å². The minimum absolute atomic E-state index is 0.0165. The molecule has 0 aliphatic rings. The number of nitrogens with zero attached hydrogens (tertiary/aromatic N) is 2. The standard InChI is InChI=1S/C3H7N3O2/c4-3(6-8)1-2-5-7/h2,7-8H,1H2,(H2,4,6)/b5-2-. The van der Waals surface area contributed by atoms with Crippen LogP contribution >= 0.6 is 0 Å². The second kappa shape index (κ2) is 3.91. The zero-order valence-electron chi connectivity index (χ0n) is 4.15. The lowest BCUT2D eigenvalue weighted by Gasteiger charge is -1.85. The molecule has 0 saturated heterocycles. The van der Waals surface area contributed by atoms with Crippen molar-refractivity contribution in [1.82, 2.24) is 0 Å². The number of oxime groups is 2. The van der Waals surface area contributed by atoms with Crippen LogP contribution in [-0.2, 0) is 0 Å². The summed E-state index contributed by atoms with van der Waals surface area (Å²) in [6.45, 7) is 0. The van der Waals surface area contributed by atoms with Crippen LogP contribution in [0.2, 0.25) is 0 Å². The third-order valence-electron chi connectivity index (χ3n) is 0.511. The first-order chi connectivity index (χ1) is 3.81. The highest BCUT2D eigenvalue weighted by Gasteiger charge is 1.84. The Morgan fingerprint density at radius 1 is 1.62 bits per heavy atom. The molecule has 0 aliphatic carbocycles. The number of hydrogen-bond donors (Lipinski definition) is 3.